The third kappa shape index (κ3) is 3.60. The maximum absolute atomic E-state index is 12.7. The molecule has 5 heteroatoms. The summed E-state index contributed by atoms with van der Waals surface area (Å²) in [5.74, 6) is -0.342. The summed E-state index contributed by atoms with van der Waals surface area (Å²) in [6.07, 6.45) is 2.33. The molecule has 25 heavy (non-hydrogen) atoms. The van der Waals surface area contributed by atoms with Crippen molar-refractivity contribution in [1.82, 2.24) is 14.9 Å². The highest BCUT2D eigenvalue weighted by atomic mass is 16.2. The van der Waals surface area contributed by atoms with Crippen molar-refractivity contribution in [1.29, 1.82) is 0 Å². The Labute approximate surface area is 146 Å². The zero-order chi connectivity index (χ0) is 17.8. The molecule has 0 radical (unpaired) electrons. The van der Waals surface area contributed by atoms with E-state index in [0.29, 0.717) is 24.1 Å². The monoisotopic (exact) mass is 335 g/mol. The Balaban J connectivity index is 1.85. The second-order valence-electron chi connectivity index (χ2n) is 5.97. The Kier molecular flexibility index (Phi) is 4.93. The van der Waals surface area contributed by atoms with Gasteiger partial charge in [-0.25, -0.2) is 4.98 Å². The first-order chi connectivity index (χ1) is 12.1. The number of pyridine rings is 2. The summed E-state index contributed by atoms with van der Waals surface area (Å²) < 4.78 is 1.84. The normalized spacial score (nSPS) is 10.8. The van der Waals surface area contributed by atoms with E-state index in [0.717, 1.165) is 17.7 Å². The van der Waals surface area contributed by atoms with E-state index in [9.17, 15) is 9.59 Å². The molecule has 0 saturated heterocycles. The van der Waals surface area contributed by atoms with Crippen molar-refractivity contribution >= 4 is 16.9 Å². The molecule has 1 N–H and O–H groups in total. The van der Waals surface area contributed by atoms with E-state index < -0.39 is 0 Å². The molecule has 0 aliphatic rings. The predicted molar refractivity (Wildman–Crippen MR) is 98.9 cm³/mol. The van der Waals surface area contributed by atoms with Gasteiger partial charge in [-0.1, -0.05) is 30.3 Å². The largest absolute Gasteiger partial charge is 0.352 e. The predicted octanol–water partition coefficient (Wildman–Crippen LogP) is 2.70. The minimum atomic E-state index is -0.342. The Morgan fingerprint density at radius 3 is 2.64 bits per heavy atom. The summed E-state index contributed by atoms with van der Waals surface area (Å²) in [5, 5.41) is 3.32. The number of carbonyl (C=O) groups is 1. The molecule has 3 aromatic rings. The number of hydrogen-bond acceptors (Lipinski definition) is 3. The van der Waals surface area contributed by atoms with Crippen LogP contribution in [0.1, 0.15) is 28.5 Å². The smallest absolute Gasteiger partial charge is 0.256 e. The third-order valence-corrected chi connectivity index (χ3v) is 4.19. The van der Waals surface area contributed by atoms with Crippen molar-refractivity contribution in [3.05, 3.63) is 75.7 Å². The van der Waals surface area contributed by atoms with Crippen molar-refractivity contribution < 1.29 is 4.79 Å². The minimum absolute atomic E-state index is 0.160. The molecule has 0 bridgehead atoms. The number of nitrogens with zero attached hydrogens (tertiary/aromatic N) is 2. The molecule has 2 aromatic heterocycles. The van der Waals surface area contributed by atoms with Crippen LogP contribution in [0.25, 0.3) is 11.0 Å². The van der Waals surface area contributed by atoms with Gasteiger partial charge in [-0.15, -0.1) is 0 Å². The van der Waals surface area contributed by atoms with Gasteiger partial charge < -0.3 is 9.88 Å². The average molecular weight is 335 g/mol. The van der Waals surface area contributed by atoms with Crippen molar-refractivity contribution in [2.45, 2.75) is 26.8 Å². The van der Waals surface area contributed by atoms with Crippen LogP contribution < -0.4 is 10.7 Å². The van der Waals surface area contributed by atoms with Gasteiger partial charge in [-0.05, 0) is 38.0 Å². The number of fused-ring (bicyclic) bond motifs is 1. The van der Waals surface area contributed by atoms with Gasteiger partial charge in [0.05, 0.1) is 5.39 Å². The lowest BCUT2D eigenvalue weighted by Gasteiger charge is -2.11. The zero-order valence-corrected chi connectivity index (χ0v) is 14.5. The van der Waals surface area contributed by atoms with E-state index in [2.05, 4.69) is 10.3 Å². The average Bonchev–Trinajstić information content (AvgIpc) is 2.62. The highest BCUT2D eigenvalue weighted by molar-refractivity contribution is 5.96. The van der Waals surface area contributed by atoms with E-state index in [1.165, 1.54) is 0 Å². The Bertz CT molecular complexity index is 962. The first kappa shape index (κ1) is 16.9. The quantitative estimate of drug-likeness (QED) is 0.780. The van der Waals surface area contributed by atoms with Crippen LogP contribution in [0.2, 0.25) is 0 Å². The van der Waals surface area contributed by atoms with Gasteiger partial charge >= 0.3 is 0 Å². The lowest BCUT2D eigenvalue weighted by molar-refractivity contribution is 0.0952. The van der Waals surface area contributed by atoms with E-state index in [-0.39, 0.29) is 16.9 Å². The van der Waals surface area contributed by atoms with Gasteiger partial charge in [0.1, 0.15) is 11.2 Å². The van der Waals surface area contributed by atoms with Gasteiger partial charge in [0.15, 0.2) is 0 Å². The van der Waals surface area contributed by atoms with Gasteiger partial charge in [0.25, 0.3) is 5.91 Å². The summed E-state index contributed by atoms with van der Waals surface area (Å²) in [6, 6.07) is 13.5. The first-order valence-corrected chi connectivity index (χ1v) is 8.43. The first-order valence-electron chi connectivity index (χ1n) is 8.43. The fraction of sp³-hybridized carbons (Fsp3) is 0.250. The van der Waals surface area contributed by atoms with Crippen molar-refractivity contribution in [3.8, 4) is 0 Å². The molecule has 2 heterocycles. The van der Waals surface area contributed by atoms with Crippen molar-refractivity contribution in [2.75, 3.05) is 6.54 Å². The molecule has 1 aromatic carbocycles. The SMILES string of the molecule is CCn1cc(C(=O)NCCc2ccccc2)c(=O)c2ccc(C)nc21. The zero-order valence-electron chi connectivity index (χ0n) is 14.5. The van der Waals surface area contributed by atoms with E-state index in [1.54, 1.807) is 18.3 Å². The standard InChI is InChI=1S/C20H21N3O2/c1-3-23-13-17(18(24)16-10-9-14(2)22-19(16)23)20(25)21-12-11-15-7-5-4-6-8-15/h4-10,13H,3,11-12H2,1-2H3,(H,21,25). The Hall–Kier alpha value is -2.95. The van der Waals surface area contributed by atoms with E-state index >= 15 is 0 Å². The van der Waals surface area contributed by atoms with Gasteiger partial charge in [-0.2, -0.15) is 0 Å². The summed E-state index contributed by atoms with van der Waals surface area (Å²) in [4.78, 5) is 29.6. The van der Waals surface area contributed by atoms with Crippen molar-refractivity contribution in [3.63, 3.8) is 0 Å². The third-order valence-electron chi connectivity index (χ3n) is 4.19. The number of aromatic nitrogens is 2. The molecule has 0 spiro atoms. The van der Waals surface area contributed by atoms with Crippen LogP contribution in [-0.4, -0.2) is 22.0 Å². The summed E-state index contributed by atoms with van der Waals surface area (Å²) in [5.41, 5.74) is 2.49. The molecule has 0 fully saturated rings. The van der Waals surface area contributed by atoms with Crippen LogP contribution in [0, 0.1) is 6.92 Å². The molecule has 5 nitrogen and oxygen atoms in total. The number of amides is 1. The summed E-state index contributed by atoms with van der Waals surface area (Å²) in [7, 11) is 0. The fourth-order valence-corrected chi connectivity index (χ4v) is 2.82. The molecule has 0 aliphatic heterocycles. The number of hydrogen-bond donors (Lipinski definition) is 1. The van der Waals surface area contributed by atoms with Crippen LogP contribution >= 0.6 is 0 Å². The Morgan fingerprint density at radius 2 is 1.92 bits per heavy atom. The fourth-order valence-electron chi connectivity index (χ4n) is 2.82. The molecule has 128 valence electrons. The molecule has 0 atom stereocenters. The van der Waals surface area contributed by atoms with Gasteiger partial charge in [-0.3, -0.25) is 9.59 Å². The summed E-state index contributed by atoms with van der Waals surface area (Å²) >= 11 is 0. The maximum atomic E-state index is 12.7. The number of carbonyl (C=O) groups excluding carboxylic acids is 1. The molecule has 0 saturated carbocycles. The Morgan fingerprint density at radius 1 is 1.16 bits per heavy atom. The topological polar surface area (TPSA) is 64.0 Å². The molecule has 3 rings (SSSR count). The number of aryl methyl sites for hydroxylation is 2. The highest BCUT2D eigenvalue weighted by Crippen LogP contribution is 2.11. The number of benzene rings is 1. The van der Waals surface area contributed by atoms with Crippen LogP contribution in [0.5, 0.6) is 0 Å². The summed E-state index contributed by atoms with van der Waals surface area (Å²) in [6.45, 7) is 4.97. The van der Waals surface area contributed by atoms with Crippen molar-refractivity contribution in [2.24, 2.45) is 0 Å². The van der Waals surface area contributed by atoms with Crippen LogP contribution in [-0.2, 0) is 13.0 Å². The molecule has 0 aliphatic carbocycles. The lowest BCUT2D eigenvalue weighted by atomic mass is 10.1. The minimum Gasteiger partial charge on any atom is -0.352 e. The second kappa shape index (κ2) is 7.30. The maximum Gasteiger partial charge on any atom is 0.256 e. The molecule has 0 unspecified atom stereocenters. The van der Waals surface area contributed by atoms with Gasteiger partial charge in [0, 0.05) is 25.0 Å². The van der Waals surface area contributed by atoms with E-state index in [4.69, 9.17) is 0 Å². The lowest BCUT2D eigenvalue weighted by Crippen LogP contribution is -2.31. The van der Waals surface area contributed by atoms with Gasteiger partial charge in [0.2, 0.25) is 5.43 Å². The number of rotatable bonds is 5. The molecular weight excluding hydrogens is 314 g/mol. The molecular formula is C20H21N3O2. The number of nitrogens with one attached hydrogen (secondary N) is 1. The highest BCUT2D eigenvalue weighted by Gasteiger charge is 2.15. The molecule has 1 amide bonds. The van der Waals surface area contributed by atoms with E-state index in [1.807, 2.05) is 48.7 Å². The van der Waals surface area contributed by atoms with Crippen LogP contribution in [0.4, 0.5) is 0 Å². The van der Waals surface area contributed by atoms with Crippen LogP contribution in [0.15, 0.2) is 53.5 Å². The second-order valence-corrected chi connectivity index (χ2v) is 5.97. The van der Waals surface area contributed by atoms with Crippen LogP contribution in [0.3, 0.4) is 0 Å².